The van der Waals surface area contributed by atoms with Crippen molar-refractivity contribution in [2.45, 2.75) is 6.92 Å². The molecule has 3 heteroatoms. The van der Waals surface area contributed by atoms with Gasteiger partial charge < -0.3 is 10.5 Å². The average Bonchev–Trinajstić information content (AvgIpc) is 2.38. The number of ketones is 1. The van der Waals surface area contributed by atoms with E-state index in [1.165, 1.54) is 0 Å². The van der Waals surface area contributed by atoms with Crippen LogP contribution in [0, 0.1) is 6.92 Å². The van der Waals surface area contributed by atoms with Crippen molar-refractivity contribution in [1.29, 1.82) is 0 Å². The van der Waals surface area contributed by atoms with Gasteiger partial charge in [-0.05, 0) is 24.6 Å². The monoisotopic (exact) mass is 241 g/mol. The van der Waals surface area contributed by atoms with E-state index in [9.17, 15) is 4.79 Å². The van der Waals surface area contributed by atoms with Gasteiger partial charge in [-0.15, -0.1) is 0 Å². The molecule has 0 atom stereocenters. The van der Waals surface area contributed by atoms with Gasteiger partial charge in [0.15, 0.2) is 5.78 Å². The Hall–Kier alpha value is -2.29. The second-order valence-electron chi connectivity index (χ2n) is 4.10. The standard InChI is InChI=1S/C15H15NO2/c1-10-5-3-4-6-12(10)15(17)13-8-7-11(18-2)9-14(13)16/h3-9H,16H2,1-2H3. The van der Waals surface area contributed by atoms with Gasteiger partial charge >= 0.3 is 0 Å². The number of benzene rings is 2. The van der Waals surface area contributed by atoms with Gasteiger partial charge in [0.25, 0.3) is 0 Å². The number of carbonyl (C=O) groups excluding carboxylic acids is 1. The Morgan fingerprint density at radius 3 is 2.44 bits per heavy atom. The van der Waals surface area contributed by atoms with Gasteiger partial charge in [-0.1, -0.05) is 24.3 Å². The number of nitrogens with two attached hydrogens (primary N) is 1. The van der Waals surface area contributed by atoms with Crippen LogP contribution in [0.5, 0.6) is 5.75 Å². The Morgan fingerprint density at radius 2 is 1.83 bits per heavy atom. The number of rotatable bonds is 3. The molecule has 0 fully saturated rings. The maximum Gasteiger partial charge on any atom is 0.195 e. The van der Waals surface area contributed by atoms with Gasteiger partial charge in [0.1, 0.15) is 5.75 Å². The number of methoxy groups -OCH3 is 1. The zero-order valence-electron chi connectivity index (χ0n) is 10.4. The number of carbonyl (C=O) groups is 1. The first-order valence-electron chi connectivity index (χ1n) is 5.67. The predicted octanol–water partition coefficient (Wildman–Crippen LogP) is 2.82. The van der Waals surface area contributed by atoms with Crippen LogP contribution in [-0.4, -0.2) is 12.9 Å². The van der Waals surface area contributed by atoms with Crippen molar-refractivity contribution in [2.24, 2.45) is 0 Å². The van der Waals surface area contributed by atoms with E-state index in [4.69, 9.17) is 10.5 Å². The molecular formula is C15H15NO2. The summed E-state index contributed by atoms with van der Waals surface area (Å²) in [6.07, 6.45) is 0. The molecule has 3 nitrogen and oxygen atoms in total. The fraction of sp³-hybridized carbons (Fsp3) is 0.133. The molecule has 0 unspecified atom stereocenters. The Morgan fingerprint density at radius 1 is 1.11 bits per heavy atom. The summed E-state index contributed by atoms with van der Waals surface area (Å²) in [7, 11) is 1.57. The van der Waals surface area contributed by atoms with E-state index < -0.39 is 0 Å². The van der Waals surface area contributed by atoms with Gasteiger partial charge in [0.05, 0.1) is 7.11 Å². The molecule has 2 aromatic carbocycles. The predicted molar refractivity (Wildman–Crippen MR) is 72.0 cm³/mol. The molecule has 0 aromatic heterocycles. The highest BCUT2D eigenvalue weighted by molar-refractivity contribution is 6.12. The van der Waals surface area contributed by atoms with Gasteiger partial charge in [0, 0.05) is 22.9 Å². The number of hydrogen-bond donors (Lipinski definition) is 1. The Kier molecular flexibility index (Phi) is 3.33. The van der Waals surface area contributed by atoms with E-state index in [0.29, 0.717) is 22.6 Å². The van der Waals surface area contributed by atoms with Crippen molar-refractivity contribution in [3.63, 3.8) is 0 Å². The number of hydrogen-bond acceptors (Lipinski definition) is 3. The number of aryl methyl sites for hydroxylation is 1. The minimum Gasteiger partial charge on any atom is -0.497 e. The van der Waals surface area contributed by atoms with E-state index in [-0.39, 0.29) is 5.78 Å². The molecule has 0 saturated carbocycles. The molecule has 0 aliphatic carbocycles. The zero-order chi connectivity index (χ0) is 13.1. The number of anilines is 1. The van der Waals surface area contributed by atoms with E-state index in [1.807, 2.05) is 25.1 Å². The lowest BCUT2D eigenvalue weighted by Gasteiger charge is -2.08. The molecule has 0 aliphatic rings. The molecule has 0 heterocycles. The van der Waals surface area contributed by atoms with Crippen LogP contribution in [0.25, 0.3) is 0 Å². The molecule has 0 aliphatic heterocycles. The highest BCUT2D eigenvalue weighted by Crippen LogP contribution is 2.23. The van der Waals surface area contributed by atoms with E-state index in [1.54, 1.807) is 31.4 Å². The number of nitrogen functional groups attached to an aromatic ring is 1. The second-order valence-corrected chi connectivity index (χ2v) is 4.10. The van der Waals surface area contributed by atoms with E-state index >= 15 is 0 Å². The van der Waals surface area contributed by atoms with Crippen LogP contribution in [0.4, 0.5) is 5.69 Å². The molecule has 0 radical (unpaired) electrons. The summed E-state index contributed by atoms with van der Waals surface area (Å²) in [6.45, 7) is 1.91. The first-order valence-corrected chi connectivity index (χ1v) is 5.67. The van der Waals surface area contributed by atoms with Crippen molar-refractivity contribution in [2.75, 3.05) is 12.8 Å². The topological polar surface area (TPSA) is 52.3 Å². The quantitative estimate of drug-likeness (QED) is 0.664. The fourth-order valence-corrected chi connectivity index (χ4v) is 1.85. The molecule has 2 N–H and O–H groups in total. The molecule has 0 amide bonds. The molecule has 0 bridgehead atoms. The third-order valence-corrected chi connectivity index (χ3v) is 2.89. The highest BCUT2D eigenvalue weighted by Gasteiger charge is 2.14. The van der Waals surface area contributed by atoms with Crippen LogP contribution in [0.3, 0.4) is 0 Å². The minimum atomic E-state index is -0.0618. The molecule has 2 aromatic rings. The smallest absolute Gasteiger partial charge is 0.195 e. The first kappa shape index (κ1) is 12.2. The Bertz CT molecular complexity index is 591. The zero-order valence-corrected chi connectivity index (χ0v) is 10.4. The van der Waals surface area contributed by atoms with Crippen molar-refractivity contribution in [3.8, 4) is 5.75 Å². The number of ether oxygens (including phenoxy) is 1. The van der Waals surface area contributed by atoms with Crippen molar-refractivity contribution < 1.29 is 9.53 Å². The summed E-state index contributed by atoms with van der Waals surface area (Å²) in [5, 5.41) is 0. The fourth-order valence-electron chi connectivity index (χ4n) is 1.85. The largest absolute Gasteiger partial charge is 0.497 e. The lowest BCUT2D eigenvalue weighted by Crippen LogP contribution is -2.07. The lowest BCUT2D eigenvalue weighted by molar-refractivity contribution is 0.103. The summed E-state index contributed by atoms with van der Waals surface area (Å²) < 4.78 is 5.07. The van der Waals surface area contributed by atoms with Gasteiger partial charge in [0.2, 0.25) is 0 Å². The van der Waals surface area contributed by atoms with Crippen LogP contribution in [-0.2, 0) is 0 Å². The minimum absolute atomic E-state index is 0.0618. The molecule has 92 valence electrons. The maximum absolute atomic E-state index is 12.4. The third kappa shape index (κ3) is 2.20. The summed E-state index contributed by atoms with van der Waals surface area (Å²) in [5.74, 6) is 0.585. The summed E-state index contributed by atoms with van der Waals surface area (Å²) in [6, 6.07) is 12.6. The van der Waals surface area contributed by atoms with Crippen LogP contribution in [0.1, 0.15) is 21.5 Å². The van der Waals surface area contributed by atoms with Crippen LogP contribution >= 0.6 is 0 Å². The molecular weight excluding hydrogens is 226 g/mol. The SMILES string of the molecule is COc1ccc(C(=O)c2ccccc2C)c(N)c1. The summed E-state index contributed by atoms with van der Waals surface area (Å²) in [5.41, 5.74) is 8.44. The van der Waals surface area contributed by atoms with Gasteiger partial charge in [-0.25, -0.2) is 0 Å². The van der Waals surface area contributed by atoms with Crippen LogP contribution < -0.4 is 10.5 Å². The van der Waals surface area contributed by atoms with Crippen LogP contribution in [0.2, 0.25) is 0 Å². The highest BCUT2D eigenvalue weighted by atomic mass is 16.5. The van der Waals surface area contributed by atoms with Crippen molar-refractivity contribution in [3.05, 3.63) is 59.2 Å². The average molecular weight is 241 g/mol. The third-order valence-electron chi connectivity index (χ3n) is 2.89. The molecule has 0 spiro atoms. The Labute approximate surface area is 106 Å². The second kappa shape index (κ2) is 4.92. The Balaban J connectivity index is 2.44. The normalized spacial score (nSPS) is 10.1. The van der Waals surface area contributed by atoms with Crippen LogP contribution in [0.15, 0.2) is 42.5 Å². The molecule has 2 rings (SSSR count). The van der Waals surface area contributed by atoms with Crippen molar-refractivity contribution >= 4 is 11.5 Å². The lowest BCUT2D eigenvalue weighted by atomic mass is 9.98. The summed E-state index contributed by atoms with van der Waals surface area (Å²) >= 11 is 0. The first-order chi connectivity index (χ1) is 8.63. The molecule has 18 heavy (non-hydrogen) atoms. The van der Waals surface area contributed by atoms with Crippen molar-refractivity contribution in [1.82, 2.24) is 0 Å². The summed E-state index contributed by atoms with van der Waals surface area (Å²) in [4.78, 5) is 12.4. The van der Waals surface area contributed by atoms with Gasteiger partial charge in [-0.3, -0.25) is 4.79 Å². The molecule has 0 saturated heterocycles. The van der Waals surface area contributed by atoms with E-state index in [2.05, 4.69) is 0 Å². The van der Waals surface area contributed by atoms with Gasteiger partial charge in [-0.2, -0.15) is 0 Å². The van der Waals surface area contributed by atoms with E-state index in [0.717, 1.165) is 5.56 Å². The maximum atomic E-state index is 12.4.